The average molecular weight is 312 g/mol. The Morgan fingerprint density at radius 2 is 2.19 bits per heavy atom. The standard InChI is InChI=1S/C14H18ClN3O3/c1-21-7-3-6-16-13(19)9-14(20)18-17-10-11-4-2-5-12(15)8-11/h2,4-5,8,10H,3,6-7,9H2,1H3,(H,16,19)(H,18,20)/b17-10-. The van der Waals surface area contributed by atoms with Crippen molar-refractivity contribution in [1.82, 2.24) is 10.7 Å². The van der Waals surface area contributed by atoms with E-state index in [2.05, 4.69) is 15.8 Å². The molecule has 0 radical (unpaired) electrons. The highest BCUT2D eigenvalue weighted by Crippen LogP contribution is 2.08. The molecule has 1 aromatic rings. The quantitative estimate of drug-likeness (QED) is 0.329. The van der Waals surface area contributed by atoms with Crippen molar-refractivity contribution in [3.8, 4) is 0 Å². The first-order valence-corrected chi connectivity index (χ1v) is 6.82. The molecule has 114 valence electrons. The fraction of sp³-hybridized carbons (Fsp3) is 0.357. The van der Waals surface area contributed by atoms with Crippen molar-refractivity contribution in [2.45, 2.75) is 12.8 Å². The van der Waals surface area contributed by atoms with Crippen molar-refractivity contribution in [2.24, 2.45) is 5.10 Å². The summed E-state index contributed by atoms with van der Waals surface area (Å²) in [6, 6.07) is 7.02. The van der Waals surface area contributed by atoms with Crippen molar-refractivity contribution in [3.05, 3.63) is 34.9 Å². The Morgan fingerprint density at radius 3 is 2.90 bits per heavy atom. The molecule has 6 nitrogen and oxygen atoms in total. The van der Waals surface area contributed by atoms with Crippen LogP contribution in [0.1, 0.15) is 18.4 Å². The maximum absolute atomic E-state index is 11.5. The summed E-state index contributed by atoms with van der Waals surface area (Å²) in [6.45, 7) is 1.04. The summed E-state index contributed by atoms with van der Waals surface area (Å²) in [6.07, 6.45) is 1.90. The Kier molecular flexibility index (Phi) is 8.08. The first-order valence-electron chi connectivity index (χ1n) is 6.45. The van der Waals surface area contributed by atoms with Crippen LogP contribution < -0.4 is 10.7 Å². The molecule has 0 aliphatic carbocycles. The summed E-state index contributed by atoms with van der Waals surface area (Å²) in [5.41, 5.74) is 3.04. The summed E-state index contributed by atoms with van der Waals surface area (Å²) in [5.74, 6) is -0.820. The molecule has 1 rings (SSSR count). The molecule has 0 saturated carbocycles. The summed E-state index contributed by atoms with van der Waals surface area (Å²) in [5, 5.41) is 6.96. The molecule has 2 N–H and O–H groups in total. The number of halogens is 1. The highest BCUT2D eigenvalue weighted by molar-refractivity contribution is 6.30. The third-order valence-corrected chi connectivity index (χ3v) is 2.66. The topological polar surface area (TPSA) is 79.8 Å². The van der Waals surface area contributed by atoms with Gasteiger partial charge < -0.3 is 10.1 Å². The number of carbonyl (C=O) groups is 2. The minimum atomic E-state index is -0.475. The number of hydrogen-bond donors (Lipinski definition) is 2. The molecule has 0 aromatic heterocycles. The minimum Gasteiger partial charge on any atom is -0.385 e. The molecular formula is C14H18ClN3O3. The molecule has 7 heteroatoms. The second-order valence-electron chi connectivity index (χ2n) is 4.22. The number of hydrogen-bond acceptors (Lipinski definition) is 4. The fourth-order valence-corrected chi connectivity index (χ4v) is 1.66. The van der Waals surface area contributed by atoms with Crippen LogP contribution in [0, 0.1) is 0 Å². The van der Waals surface area contributed by atoms with Crippen LogP contribution in [0.2, 0.25) is 5.02 Å². The molecule has 0 spiro atoms. The molecule has 1 aromatic carbocycles. The lowest BCUT2D eigenvalue weighted by Gasteiger charge is -2.03. The number of hydrazone groups is 1. The third-order valence-electron chi connectivity index (χ3n) is 2.42. The van der Waals surface area contributed by atoms with E-state index in [0.717, 1.165) is 5.56 Å². The first-order chi connectivity index (χ1) is 10.1. The number of amides is 2. The van der Waals surface area contributed by atoms with Crippen LogP contribution >= 0.6 is 11.6 Å². The van der Waals surface area contributed by atoms with Gasteiger partial charge in [-0.3, -0.25) is 9.59 Å². The second kappa shape index (κ2) is 9.90. The van der Waals surface area contributed by atoms with Gasteiger partial charge in [-0.1, -0.05) is 23.7 Å². The smallest absolute Gasteiger partial charge is 0.249 e. The van der Waals surface area contributed by atoms with E-state index < -0.39 is 5.91 Å². The lowest BCUT2D eigenvalue weighted by molar-refractivity contribution is -0.129. The maximum Gasteiger partial charge on any atom is 0.249 e. The third kappa shape index (κ3) is 8.06. The van der Waals surface area contributed by atoms with E-state index >= 15 is 0 Å². The zero-order valence-corrected chi connectivity index (χ0v) is 12.5. The van der Waals surface area contributed by atoms with Crippen LogP contribution in [0.25, 0.3) is 0 Å². The summed E-state index contributed by atoms with van der Waals surface area (Å²) >= 11 is 5.82. The maximum atomic E-state index is 11.5. The van der Waals surface area contributed by atoms with Crippen molar-refractivity contribution in [2.75, 3.05) is 20.3 Å². The van der Waals surface area contributed by atoms with E-state index in [9.17, 15) is 9.59 Å². The molecule has 21 heavy (non-hydrogen) atoms. The zero-order chi connectivity index (χ0) is 15.5. The van der Waals surface area contributed by atoms with Gasteiger partial charge in [0.15, 0.2) is 0 Å². The van der Waals surface area contributed by atoms with E-state index in [-0.39, 0.29) is 12.3 Å². The zero-order valence-electron chi connectivity index (χ0n) is 11.8. The van der Waals surface area contributed by atoms with Crippen molar-refractivity contribution < 1.29 is 14.3 Å². The number of rotatable bonds is 8. The molecule has 0 heterocycles. The number of nitrogens with zero attached hydrogens (tertiary/aromatic N) is 1. The van der Waals surface area contributed by atoms with Gasteiger partial charge in [-0.25, -0.2) is 5.43 Å². The van der Waals surface area contributed by atoms with Crippen LogP contribution in [-0.4, -0.2) is 38.3 Å². The van der Waals surface area contributed by atoms with Crippen LogP contribution in [0.3, 0.4) is 0 Å². The van der Waals surface area contributed by atoms with Gasteiger partial charge in [0.05, 0.1) is 6.21 Å². The summed E-state index contributed by atoms with van der Waals surface area (Å²) in [7, 11) is 1.59. The van der Waals surface area contributed by atoms with Gasteiger partial charge in [0.2, 0.25) is 11.8 Å². The number of ether oxygens (including phenoxy) is 1. The highest BCUT2D eigenvalue weighted by atomic mass is 35.5. The van der Waals surface area contributed by atoms with Crippen LogP contribution in [0.5, 0.6) is 0 Å². The lowest BCUT2D eigenvalue weighted by Crippen LogP contribution is -2.30. The summed E-state index contributed by atoms with van der Waals surface area (Å²) in [4.78, 5) is 22.9. The molecular weight excluding hydrogens is 294 g/mol. The van der Waals surface area contributed by atoms with Crippen molar-refractivity contribution in [3.63, 3.8) is 0 Å². The highest BCUT2D eigenvalue weighted by Gasteiger charge is 2.07. The van der Waals surface area contributed by atoms with E-state index in [0.29, 0.717) is 24.6 Å². The fourth-order valence-electron chi connectivity index (χ4n) is 1.46. The van der Waals surface area contributed by atoms with Crippen molar-refractivity contribution >= 4 is 29.6 Å². The Labute approximate surface area is 128 Å². The van der Waals surface area contributed by atoms with Gasteiger partial charge in [0.25, 0.3) is 0 Å². The van der Waals surface area contributed by atoms with Gasteiger partial charge in [-0.15, -0.1) is 0 Å². The molecule has 0 saturated heterocycles. The predicted octanol–water partition coefficient (Wildman–Crippen LogP) is 1.33. The Hall–Kier alpha value is -1.92. The SMILES string of the molecule is COCCCNC(=O)CC(=O)N/N=C\c1cccc(Cl)c1. The number of carbonyl (C=O) groups excluding carboxylic acids is 2. The predicted molar refractivity (Wildman–Crippen MR) is 81.3 cm³/mol. The molecule has 0 aliphatic heterocycles. The number of benzene rings is 1. The van der Waals surface area contributed by atoms with E-state index in [1.54, 1.807) is 31.4 Å². The average Bonchev–Trinajstić information content (AvgIpc) is 2.43. The Morgan fingerprint density at radius 1 is 1.38 bits per heavy atom. The second-order valence-corrected chi connectivity index (χ2v) is 4.66. The normalized spacial score (nSPS) is 10.6. The summed E-state index contributed by atoms with van der Waals surface area (Å²) < 4.78 is 4.85. The van der Waals surface area contributed by atoms with Gasteiger partial charge in [-0.2, -0.15) is 5.10 Å². The van der Waals surface area contributed by atoms with Crippen LogP contribution in [0.4, 0.5) is 0 Å². The van der Waals surface area contributed by atoms with E-state index in [1.165, 1.54) is 6.21 Å². The van der Waals surface area contributed by atoms with E-state index in [1.807, 2.05) is 0 Å². The molecule has 0 bridgehead atoms. The monoisotopic (exact) mass is 311 g/mol. The largest absolute Gasteiger partial charge is 0.385 e. The first kappa shape index (κ1) is 17.1. The molecule has 0 fully saturated rings. The van der Waals surface area contributed by atoms with Gasteiger partial charge in [0.1, 0.15) is 6.42 Å². The number of methoxy groups -OCH3 is 1. The Bertz CT molecular complexity index is 506. The van der Waals surface area contributed by atoms with Crippen LogP contribution in [0.15, 0.2) is 29.4 Å². The number of nitrogens with one attached hydrogen (secondary N) is 2. The minimum absolute atomic E-state index is 0.264. The molecule has 0 atom stereocenters. The molecule has 0 unspecified atom stereocenters. The molecule has 0 aliphatic rings. The van der Waals surface area contributed by atoms with Crippen molar-refractivity contribution in [1.29, 1.82) is 0 Å². The molecule has 2 amide bonds. The Balaban J connectivity index is 2.25. The lowest BCUT2D eigenvalue weighted by atomic mass is 10.2. The van der Waals surface area contributed by atoms with Gasteiger partial charge in [0, 0.05) is 25.3 Å². The van der Waals surface area contributed by atoms with Gasteiger partial charge >= 0.3 is 0 Å². The van der Waals surface area contributed by atoms with E-state index in [4.69, 9.17) is 16.3 Å². The van der Waals surface area contributed by atoms with Gasteiger partial charge in [-0.05, 0) is 24.1 Å². The van der Waals surface area contributed by atoms with Crippen LogP contribution in [-0.2, 0) is 14.3 Å².